The van der Waals surface area contributed by atoms with Gasteiger partial charge in [-0.3, -0.25) is 4.79 Å². The smallest absolute Gasteiger partial charge is 0.259 e. The maximum Gasteiger partial charge on any atom is 0.259 e. The molecule has 118 valence electrons. The van der Waals surface area contributed by atoms with Crippen LogP contribution in [0.15, 0.2) is 52.6 Å². The van der Waals surface area contributed by atoms with E-state index in [-0.39, 0.29) is 5.56 Å². The third-order valence-electron chi connectivity index (χ3n) is 4.00. The fourth-order valence-corrected chi connectivity index (χ4v) is 3.48. The molecule has 3 aromatic heterocycles. The molecule has 0 bridgehead atoms. The van der Waals surface area contributed by atoms with Crippen LogP contribution in [0.3, 0.4) is 0 Å². The van der Waals surface area contributed by atoms with E-state index in [4.69, 9.17) is 4.98 Å². The summed E-state index contributed by atoms with van der Waals surface area (Å²) in [6, 6.07) is 13.9. The molecule has 24 heavy (non-hydrogen) atoms. The van der Waals surface area contributed by atoms with Crippen molar-refractivity contribution >= 4 is 21.6 Å². The van der Waals surface area contributed by atoms with Gasteiger partial charge in [0.2, 0.25) is 0 Å². The molecular formula is C19H15N3OS. The largest absolute Gasteiger partial charge is 0.305 e. The first-order chi connectivity index (χ1) is 11.6. The molecule has 0 aliphatic rings. The fraction of sp³-hybridized carbons (Fsp3) is 0.105. The van der Waals surface area contributed by atoms with Crippen molar-refractivity contribution in [1.82, 2.24) is 15.0 Å². The summed E-state index contributed by atoms with van der Waals surface area (Å²) in [5.74, 6) is 0.502. The van der Waals surface area contributed by atoms with Crippen molar-refractivity contribution in [3.05, 3.63) is 69.3 Å². The lowest BCUT2D eigenvalue weighted by molar-refractivity contribution is 1.15. The maximum absolute atomic E-state index is 12.2. The highest BCUT2D eigenvalue weighted by molar-refractivity contribution is 7.16. The molecule has 1 aromatic carbocycles. The number of hydrogen-bond acceptors (Lipinski definition) is 4. The van der Waals surface area contributed by atoms with Crippen molar-refractivity contribution in [1.29, 1.82) is 0 Å². The topological polar surface area (TPSA) is 58.6 Å². The molecule has 0 fully saturated rings. The lowest BCUT2D eigenvalue weighted by atomic mass is 10.0. The quantitative estimate of drug-likeness (QED) is 0.594. The van der Waals surface area contributed by atoms with Crippen LogP contribution in [0, 0.1) is 13.8 Å². The van der Waals surface area contributed by atoms with Gasteiger partial charge in [0, 0.05) is 5.56 Å². The Bertz CT molecular complexity index is 1110. The van der Waals surface area contributed by atoms with Crippen LogP contribution < -0.4 is 5.56 Å². The van der Waals surface area contributed by atoms with Crippen molar-refractivity contribution < 1.29 is 0 Å². The van der Waals surface area contributed by atoms with Crippen LogP contribution in [-0.2, 0) is 0 Å². The van der Waals surface area contributed by atoms with E-state index >= 15 is 0 Å². The maximum atomic E-state index is 12.2. The molecule has 3 heterocycles. The van der Waals surface area contributed by atoms with Crippen LogP contribution in [0.4, 0.5) is 0 Å². The van der Waals surface area contributed by atoms with Crippen LogP contribution in [0.5, 0.6) is 0 Å². The Hall–Kier alpha value is -2.79. The van der Waals surface area contributed by atoms with Gasteiger partial charge in [-0.05, 0) is 49.1 Å². The highest BCUT2D eigenvalue weighted by Crippen LogP contribution is 2.25. The predicted molar refractivity (Wildman–Crippen MR) is 98.4 cm³/mol. The van der Waals surface area contributed by atoms with Crippen LogP contribution in [-0.4, -0.2) is 15.0 Å². The Morgan fingerprint density at radius 2 is 1.83 bits per heavy atom. The average Bonchev–Trinajstić information content (AvgIpc) is 3.06. The third kappa shape index (κ3) is 2.53. The highest BCUT2D eigenvalue weighted by atomic mass is 32.1. The summed E-state index contributed by atoms with van der Waals surface area (Å²) < 4.78 is 0. The van der Waals surface area contributed by atoms with Gasteiger partial charge in [0.15, 0.2) is 5.82 Å². The summed E-state index contributed by atoms with van der Waals surface area (Å²) in [6.45, 7) is 4.14. The Morgan fingerprint density at radius 3 is 2.71 bits per heavy atom. The number of rotatable bonds is 2. The van der Waals surface area contributed by atoms with Crippen LogP contribution >= 0.6 is 11.3 Å². The monoisotopic (exact) mass is 333 g/mol. The second-order valence-corrected chi connectivity index (χ2v) is 6.67. The molecule has 0 unspecified atom stereocenters. The normalized spacial score (nSPS) is 11.1. The summed E-state index contributed by atoms with van der Waals surface area (Å²) in [7, 11) is 0. The minimum atomic E-state index is -0.129. The lowest BCUT2D eigenvalue weighted by Crippen LogP contribution is -2.08. The van der Waals surface area contributed by atoms with Crippen LogP contribution in [0.25, 0.3) is 33.0 Å². The summed E-state index contributed by atoms with van der Waals surface area (Å²) in [4.78, 5) is 25.0. The molecule has 0 saturated heterocycles. The van der Waals surface area contributed by atoms with Crippen molar-refractivity contribution in [3.63, 3.8) is 0 Å². The van der Waals surface area contributed by atoms with E-state index < -0.39 is 0 Å². The summed E-state index contributed by atoms with van der Waals surface area (Å²) in [5.41, 5.74) is 4.87. The van der Waals surface area contributed by atoms with E-state index in [0.29, 0.717) is 16.9 Å². The average molecular weight is 333 g/mol. The second kappa shape index (κ2) is 5.69. The molecule has 0 spiro atoms. The van der Waals surface area contributed by atoms with Gasteiger partial charge in [-0.1, -0.05) is 23.8 Å². The number of nitrogens with one attached hydrogen (secondary N) is 1. The zero-order chi connectivity index (χ0) is 16.7. The summed E-state index contributed by atoms with van der Waals surface area (Å²) >= 11 is 1.46. The van der Waals surface area contributed by atoms with E-state index in [1.165, 1.54) is 22.5 Å². The fourth-order valence-electron chi connectivity index (χ4n) is 2.71. The van der Waals surface area contributed by atoms with E-state index in [9.17, 15) is 4.79 Å². The first-order valence-electron chi connectivity index (χ1n) is 7.64. The molecule has 0 atom stereocenters. The van der Waals surface area contributed by atoms with Gasteiger partial charge < -0.3 is 4.98 Å². The zero-order valence-electron chi connectivity index (χ0n) is 13.3. The molecule has 0 amide bonds. The number of pyridine rings is 1. The third-order valence-corrected chi connectivity index (χ3v) is 4.80. The number of H-pyrrole nitrogens is 1. The number of aryl methyl sites for hydroxylation is 2. The molecule has 0 aliphatic heterocycles. The van der Waals surface area contributed by atoms with Gasteiger partial charge in [0.05, 0.1) is 11.1 Å². The molecular weight excluding hydrogens is 318 g/mol. The number of aromatic amines is 1. The Morgan fingerprint density at radius 1 is 1.00 bits per heavy atom. The van der Waals surface area contributed by atoms with Crippen molar-refractivity contribution in [2.45, 2.75) is 13.8 Å². The second-order valence-electron chi connectivity index (χ2n) is 5.78. The zero-order valence-corrected chi connectivity index (χ0v) is 14.1. The van der Waals surface area contributed by atoms with Gasteiger partial charge in [0.1, 0.15) is 10.5 Å². The minimum Gasteiger partial charge on any atom is -0.305 e. The van der Waals surface area contributed by atoms with E-state index in [2.05, 4.69) is 42.0 Å². The number of fused-ring (bicyclic) bond motifs is 1. The highest BCUT2D eigenvalue weighted by Gasteiger charge is 2.10. The molecule has 4 rings (SSSR count). The number of nitrogens with zero attached hydrogens (tertiary/aromatic N) is 2. The SMILES string of the molecule is Cc1ccc(C)c(-c2cccc(-c3nc4sccc4c(=O)[nH]3)n2)c1. The van der Waals surface area contributed by atoms with Crippen LogP contribution in [0.1, 0.15) is 11.1 Å². The molecule has 5 heteroatoms. The first-order valence-corrected chi connectivity index (χ1v) is 8.52. The van der Waals surface area contributed by atoms with Crippen molar-refractivity contribution in [2.24, 2.45) is 0 Å². The Labute approximate surface area is 142 Å². The number of aromatic nitrogens is 3. The van der Waals surface area contributed by atoms with Crippen LogP contribution in [0.2, 0.25) is 0 Å². The number of thiophene rings is 1. The Balaban J connectivity index is 1.87. The summed E-state index contributed by atoms with van der Waals surface area (Å²) in [5, 5.41) is 2.49. The van der Waals surface area contributed by atoms with E-state index in [1.807, 2.05) is 23.6 Å². The van der Waals surface area contributed by atoms with Gasteiger partial charge in [-0.15, -0.1) is 11.3 Å². The van der Waals surface area contributed by atoms with Crippen molar-refractivity contribution in [3.8, 4) is 22.8 Å². The van der Waals surface area contributed by atoms with Gasteiger partial charge >= 0.3 is 0 Å². The summed E-state index contributed by atoms with van der Waals surface area (Å²) in [6.07, 6.45) is 0. The number of hydrogen-bond donors (Lipinski definition) is 1. The standard InChI is InChI=1S/C19H15N3OS/c1-11-6-7-12(2)14(10-11)15-4-3-5-16(20-15)17-21-18(23)13-8-9-24-19(13)22-17/h3-10H,1-2H3,(H,21,22,23). The molecule has 0 saturated carbocycles. The molecule has 1 N–H and O–H groups in total. The van der Waals surface area contributed by atoms with Gasteiger partial charge in [0.25, 0.3) is 5.56 Å². The predicted octanol–water partition coefficient (Wildman–Crippen LogP) is 4.33. The molecule has 0 radical (unpaired) electrons. The molecule has 4 nitrogen and oxygen atoms in total. The Kier molecular flexibility index (Phi) is 3.50. The minimum absolute atomic E-state index is 0.129. The van der Waals surface area contributed by atoms with E-state index in [0.717, 1.165) is 16.1 Å². The first kappa shape index (κ1) is 14.8. The lowest BCUT2D eigenvalue weighted by Gasteiger charge is -2.08. The van der Waals surface area contributed by atoms with Gasteiger partial charge in [-0.25, -0.2) is 9.97 Å². The van der Waals surface area contributed by atoms with E-state index in [1.54, 1.807) is 6.07 Å². The van der Waals surface area contributed by atoms with Crippen molar-refractivity contribution in [2.75, 3.05) is 0 Å². The number of benzene rings is 1. The van der Waals surface area contributed by atoms with Gasteiger partial charge in [-0.2, -0.15) is 0 Å². The molecule has 4 aromatic rings. The molecule has 0 aliphatic carbocycles.